The first kappa shape index (κ1) is 26.2. The van der Waals surface area contributed by atoms with Gasteiger partial charge in [0.25, 0.3) is 0 Å². The molecule has 2 aromatic heterocycles. The monoisotopic (exact) mass is 476 g/mol. The second-order valence-electron chi connectivity index (χ2n) is 8.38. The molecule has 1 atom stereocenters. The molecule has 1 unspecified atom stereocenters. The molecular formula is C28H33FN4O2. The third-order valence-corrected chi connectivity index (χ3v) is 5.80. The normalized spacial score (nSPS) is 14.1. The Labute approximate surface area is 205 Å². The van der Waals surface area contributed by atoms with Crippen molar-refractivity contribution in [2.75, 3.05) is 11.9 Å². The lowest BCUT2D eigenvalue weighted by atomic mass is 10.1. The van der Waals surface area contributed by atoms with Crippen LogP contribution in [0.2, 0.25) is 0 Å². The Bertz CT molecular complexity index is 1300. The number of rotatable bonds is 9. The van der Waals surface area contributed by atoms with Gasteiger partial charge in [-0.05, 0) is 42.5 Å². The van der Waals surface area contributed by atoms with Crippen LogP contribution in [0.5, 0.6) is 0 Å². The third-order valence-electron chi connectivity index (χ3n) is 5.80. The third kappa shape index (κ3) is 6.59. The van der Waals surface area contributed by atoms with Gasteiger partial charge in [-0.3, -0.25) is 4.98 Å². The molecule has 0 aliphatic carbocycles. The highest BCUT2D eigenvalue weighted by Crippen LogP contribution is 2.19. The summed E-state index contributed by atoms with van der Waals surface area (Å²) in [6, 6.07) is 7.44. The van der Waals surface area contributed by atoms with Gasteiger partial charge in [0.05, 0.1) is 12.0 Å². The number of aliphatic hydroxyl groups excluding tert-OH is 2. The largest absolute Gasteiger partial charge is 0.393 e. The maximum absolute atomic E-state index is 15.3. The van der Waals surface area contributed by atoms with Crippen LogP contribution in [-0.2, 0) is 13.0 Å². The maximum Gasteiger partial charge on any atom is 0.128 e. The molecule has 0 aliphatic heterocycles. The Morgan fingerprint density at radius 2 is 1.89 bits per heavy atom. The molecule has 3 aromatic rings. The van der Waals surface area contributed by atoms with Gasteiger partial charge in [0.15, 0.2) is 0 Å². The average molecular weight is 477 g/mol. The number of pyridine rings is 1. The lowest BCUT2D eigenvalue weighted by Crippen LogP contribution is -2.32. The zero-order valence-electron chi connectivity index (χ0n) is 20.7. The van der Waals surface area contributed by atoms with Gasteiger partial charge in [-0.15, -0.1) is 0 Å². The number of nitrogens with zero attached hydrogens (tertiary/aromatic N) is 3. The standard InChI is InChI=1S/C28H33FN4O2/c1-5-8-23-25(12-24(29)19(4)22-15-31-27(6-2)32-16-22)30-13-18(3)28(23)33-14-20-9-7-10-21(11-20)26(35)17-34/h7-13,15-16,26,33-35H,5-6,14,17H2,1-4H3/b23-8-,24-19-,25-12+. The number of aryl methyl sites for hydroxylation is 2. The van der Waals surface area contributed by atoms with Crippen molar-refractivity contribution in [1.29, 1.82) is 0 Å². The molecule has 0 amide bonds. The minimum absolute atomic E-state index is 0.331. The summed E-state index contributed by atoms with van der Waals surface area (Å²) < 4.78 is 15.3. The van der Waals surface area contributed by atoms with E-state index in [1.54, 1.807) is 31.6 Å². The van der Waals surface area contributed by atoms with Crippen LogP contribution in [0.15, 0.2) is 48.7 Å². The molecule has 3 N–H and O–H groups in total. The molecule has 0 saturated carbocycles. The Balaban J connectivity index is 1.99. The number of nitrogens with one attached hydrogen (secondary N) is 1. The fourth-order valence-corrected chi connectivity index (χ4v) is 3.70. The summed E-state index contributed by atoms with van der Waals surface area (Å²) >= 11 is 0. The van der Waals surface area contributed by atoms with Crippen molar-refractivity contribution in [3.63, 3.8) is 0 Å². The smallest absolute Gasteiger partial charge is 0.128 e. The van der Waals surface area contributed by atoms with E-state index in [-0.39, 0.29) is 6.61 Å². The van der Waals surface area contributed by atoms with Gasteiger partial charge in [-0.25, -0.2) is 14.4 Å². The molecule has 3 rings (SSSR count). The summed E-state index contributed by atoms with van der Waals surface area (Å²) in [6.45, 7) is 7.84. The predicted octanol–water partition coefficient (Wildman–Crippen LogP) is 3.75. The molecule has 0 fully saturated rings. The number of halogens is 1. The van der Waals surface area contributed by atoms with Crippen molar-refractivity contribution in [2.24, 2.45) is 0 Å². The van der Waals surface area contributed by atoms with Crippen molar-refractivity contribution in [2.45, 2.75) is 53.2 Å². The minimum Gasteiger partial charge on any atom is -0.393 e. The van der Waals surface area contributed by atoms with Gasteiger partial charge in [0, 0.05) is 54.1 Å². The number of hydrogen-bond donors (Lipinski definition) is 3. The molecule has 0 saturated heterocycles. The Morgan fingerprint density at radius 1 is 1.14 bits per heavy atom. The van der Waals surface area contributed by atoms with E-state index in [4.69, 9.17) is 0 Å². The van der Waals surface area contributed by atoms with Crippen molar-refractivity contribution in [3.8, 4) is 0 Å². The Kier molecular flexibility index (Phi) is 9.23. The summed E-state index contributed by atoms with van der Waals surface area (Å²) in [5.41, 5.74) is 4.52. The fraction of sp³-hybridized carbons (Fsp3) is 0.321. The molecule has 184 valence electrons. The highest BCUT2D eigenvalue weighted by Gasteiger charge is 2.09. The molecule has 0 spiro atoms. The highest BCUT2D eigenvalue weighted by atomic mass is 19.1. The summed E-state index contributed by atoms with van der Waals surface area (Å²) in [4.78, 5) is 13.0. The fourth-order valence-electron chi connectivity index (χ4n) is 3.70. The van der Waals surface area contributed by atoms with Crippen LogP contribution < -0.4 is 15.9 Å². The Morgan fingerprint density at radius 3 is 2.54 bits per heavy atom. The SMILES string of the molecule is CC\C=c1/c(NCc2cccc(C(O)CO)c2)c(C)cn/c1=C/C(F)=C(\C)c1cnc(CC)nc1. The van der Waals surface area contributed by atoms with E-state index in [0.717, 1.165) is 40.7 Å². The van der Waals surface area contributed by atoms with E-state index in [1.165, 1.54) is 6.08 Å². The lowest BCUT2D eigenvalue weighted by molar-refractivity contribution is 0.0955. The number of hydrogen-bond acceptors (Lipinski definition) is 6. The van der Waals surface area contributed by atoms with Crippen molar-refractivity contribution in [3.05, 3.63) is 87.3 Å². The summed E-state index contributed by atoms with van der Waals surface area (Å²) in [7, 11) is 0. The quantitative estimate of drug-likeness (QED) is 0.436. The van der Waals surface area contributed by atoms with Crippen LogP contribution in [-0.4, -0.2) is 31.8 Å². The van der Waals surface area contributed by atoms with Gasteiger partial charge >= 0.3 is 0 Å². The molecular weight excluding hydrogens is 443 g/mol. The van der Waals surface area contributed by atoms with Crippen LogP contribution in [0.3, 0.4) is 0 Å². The van der Waals surface area contributed by atoms with Crippen LogP contribution >= 0.6 is 0 Å². The van der Waals surface area contributed by atoms with Gasteiger partial charge in [0.1, 0.15) is 17.8 Å². The summed E-state index contributed by atoms with van der Waals surface area (Å²) in [5, 5.41) is 24.0. The summed E-state index contributed by atoms with van der Waals surface area (Å²) in [5.74, 6) is 0.328. The predicted molar refractivity (Wildman–Crippen MR) is 138 cm³/mol. The number of aromatic nitrogens is 3. The van der Waals surface area contributed by atoms with E-state index in [9.17, 15) is 10.2 Å². The van der Waals surface area contributed by atoms with Crippen LogP contribution in [0.25, 0.3) is 17.7 Å². The van der Waals surface area contributed by atoms with E-state index >= 15 is 4.39 Å². The first-order valence-corrected chi connectivity index (χ1v) is 11.8. The zero-order chi connectivity index (χ0) is 25.4. The minimum atomic E-state index is -0.913. The van der Waals surface area contributed by atoms with Crippen molar-refractivity contribution < 1.29 is 14.6 Å². The van der Waals surface area contributed by atoms with E-state index < -0.39 is 11.9 Å². The van der Waals surface area contributed by atoms with Gasteiger partial charge < -0.3 is 15.5 Å². The lowest BCUT2D eigenvalue weighted by Gasteiger charge is -2.13. The first-order valence-electron chi connectivity index (χ1n) is 11.8. The molecule has 6 nitrogen and oxygen atoms in total. The molecule has 7 heteroatoms. The van der Waals surface area contributed by atoms with E-state index in [2.05, 4.69) is 20.3 Å². The molecule has 2 heterocycles. The molecule has 0 bridgehead atoms. The Hall–Kier alpha value is -3.42. The highest BCUT2D eigenvalue weighted by molar-refractivity contribution is 5.72. The van der Waals surface area contributed by atoms with E-state index in [0.29, 0.717) is 28.6 Å². The number of aliphatic hydroxyl groups is 2. The number of anilines is 1. The van der Waals surface area contributed by atoms with Crippen LogP contribution in [0.1, 0.15) is 61.4 Å². The topological polar surface area (TPSA) is 91.2 Å². The van der Waals surface area contributed by atoms with E-state index in [1.807, 2.05) is 45.0 Å². The molecule has 0 aliphatic rings. The zero-order valence-corrected chi connectivity index (χ0v) is 20.7. The number of allylic oxidation sites excluding steroid dienone is 2. The van der Waals surface area contributed by atoms with Gasteiger partial charge in [0.2, 0.25) is 0 Å². The molecule has 1 aromatic carbocycles. The number of benzene rings is 1. The average Bonchev–Trinajstić information content (AvgIpc) is 2.89. The van der Waals surface area contributed by atoms with Gasteiger partial charge in [-0.2, -0.15) is 0 Å². The van der Waals surface area contributed by atoms with Crippen molar-refractivity contribution in [1.82, 2.24) is 15.0 Å². The van der Waals surface area contributed by atoms with Crippen LogP contribution in [0.4, 0.5) is 10.1 Å². The maximum atomic E-state index is 15.3. The van der Waals surface area contributed by atoms with Gasteiger partial charge in [-0.1, -0.05) is 44.2 Å². The second-order valence-corrected chi connectivity index (χ2v) is 8.38. The second kappa shape index (κ2) is 12.3. The van der Waals surface area contributed by atoms with Crippen LogP contribution in [0, 0.1) is 6.92 Å². The first-order chi connectivity index (χ1) is 16.9. The molecule has 0 radical (unpaired) electrons. The summed E-state index contributed by atoms with van der Waals surface area (Å²) in [6.07, 6.45) is 9.07. The van der Waals surface area contributed by atoms with Crippen molar-refractivity contribution >= 4 is 23.4 Å². The molecule has 35 heavy (non-hydrogen) atoms.